The lowest BCUT2D eigenvalue weighted by atomic mass is 9.44. The lowest BCUT2D eigenvalue weighted by molar-refractivity contribution is -0.144. The minimum atomic E-state index is -0.469. The van der Waals surface area contributed by atoms with Crippen LogP contribution in [0.5, 0.6) is 0 Å². The Kier molecular flexibility index (Phi) is 4.95. The van der Waals surface area contributed by atoms with Gasteiger partial charge in [0.15, 0.2) is 5.78 Å². The van der Waals surface area contributed by atoms with Gasteiger partial charge in [0.2, 0.25) is 0 Å². The molecule has 2 nitrogen and oxygen atoms in total. The minimum Gasteiger partial charge on any atom is -0.390 e. The largest absolute Gasteiger partial charge is 0.390 e. The summed E-state index contributed by atoms with van der Waals surface area (Å²) in [7, 11) is 0. The highest BCUT2D eigenvalue weighted by molar-refractivity contribution is 6.30. The van der Waals surface area contributed by atoms with Crippen molar-refractivity contribution in [1.82, 2.24) is 0 Å². The number of hydrogen-bond acceptors (Lipinski definition) is 2. The molecule has 0 aliphatic heterocycles. The van der Waals surface area contributed by atoms with Gasteiger partial charge in [-0.15, -0.1) is 0 Å². The van der Waals surface area contributed by atoms with Crippen LogP contribution in [0, 0.1) is 40.4 Å². The van der Waals surface area contributed by atoms with Gasteiger partial charge in [0.1, 0.15) is 0 Å². The number of hydrogen-bond donors (Lipinski definition) is 1. The summed E-state index contributed by atoms with van der Waals surface area (Å²) in [6.07, 6.45) is 10.3. The van der Waals surface area contributed by atoms with Crippen molar-refractivity contribution in [2.45, 2.75) is 84.2 Å². The van der Waals surface area contributed by atoms with E-state index >= 15 is 0 Å². The third-order valence-corrected chi connectivity index (χ3v) is 10.7. The molecule has 0 spiro atoms. The molecule has 0 heterocycles. The van der Waals surface area contributed by atoms with E-state index in [0.29, 0.717) is 28.1 Å². The van der Waals surface area contributed by atoms with Crippen LogP contribution in [0.3, 0.4) is 0 Å². The zero-order valence-corrected chi connectivity index (χ0v) is 19.5. The highest BCUT2D eigenvalue weighted by Gasteiger charge is 2.61. The van der Waals surface area contributed by atoms with Crippen LogP contribution in [0.2, 0.25) is 5.02 Å². The summed E-state index contributed by atoms with van der Waals surface area (Å²) in [6, 6.07) is 7.52. The van der Waals surface area contributed by atoms with Crippen LogP contribution < -0.4 is 0 Å². The Hall–Kier alpha value is -0.860. The fourth-order valence-electron chi connectivity index (χ4n) is 8.68. The predicted molar refractivity (Wildman–Crippen MR) is 122 cm³/mol. The SMILES string of the molecule is C[C@@]1(O)CC[C@@]2(C)[C@@H](CC[C@@H]3[C@@H]2CC[C@]2(C)[C@@H](C(=O)c4ccc(Cl)cc4)CC[C@@H]32)C1. The molecule has 30 heavy (non-hydrogen) atoms. The summed E-state index contributed by atoms with van der Waals surface area (Å²) in [6.45, 7) is 7.01. The summed E-state index contributed by atoms with van der Waals surface area (Å²) in [5, 5.41) is 11.4. The van der Waals surface area contributed by atoms with Crippen molar-refractivity contribution in [3.63, 3.8) is 0 Å². The summed E-state index contributed by atoms with van der Waals surface area (Å²) in [5.74, 6) is 3.37. The first kappa shape index (κ1) is 21.0. The molecule has 5 rings (SSSR count). The lowest BCUT2D eigenvalue weighted by Crippen LogP contribution is -2.55. The molecule has 164 valence electrons. The van der Waals surface area contributed by atoms with Crippen LogP contribution in [-0.2, 0) is 0 Å². The average Bonchev–Trinajstić information content (AvgIpc) is 3.05. The molecule has 4 fully saturated rings. The average molecular weight is 429 g/mol. The number of Topliss-reactive ketones (excluding diaryl/α,β-unsaturated/α-hetero) is 1. The van der Waals surface area contributed by atoms with Gasteiger partial charge in [0.05, 0.1) is 5.60 Å². The van der Waals surface area contributed by atoms with Crippen molar-refractivity contribution in [3.05, 3.63) is 34.9 Å². The molecule has 0 unspecified atom stereocenters. The minimum absolute atomic E-state index is 0.140. The van der Waals surface area contributed by atoms with Crippen molar-refractivity contribution < 1.29 is 9.90 Å². The van der Waals surface area contributed by atoms with Gasteiger partial charge in [0.25, 0.3) is 0 Å². The zero-order valence-electron chi connectivity index (χ0n) is 18.8. The Balaban J connectivity index is 1.39. The van der Waals surface area contributed by atoms with Gasteiger partial charge in [-0.05, 0) is 123 Å². The number of carbonyl (C=O) groups is 1. The standard InChI is InChI=1S/C27H37ClO2/c1-25(30)14-15-26(2)18(16-25)6-9-20-21-10-11-23(27(21,3)13-12-22(20)26)24(29)17-4-7-19(28)8-5-17/h4-5,7-8,18,20-23,30H,6,9-16H2,1-3H3/t18-,20-,21-,22-,23+,25+,26-,27-/m0/s1. The molecule has 3 heteroatoms. The Bertz CT molecular complexity index is 830. The Morgan fingerprint density at radius 3 is 2.33 bits per heavy atom. The fraction of sp³-hybridized carbons (Fsp3) is 0.741. The second kappa shape index (κ2) is 7.07. The van der Waals surface area contributed by atoms with Crippen LogP contribution >= 0.6 is 11.6 Å². The predicted octanol–water partition coefficient (Wildman–Crippen LogP) is 6.93. The maximum absolute atomic E-state index is 13.5. The van der Waals surface area contributed by atoms with Gasteiger partial charge in [-0.3, -0.25) is 4.79 Å². The molecular formula is C27H37ClO2. The number of ketones is 1. The first-order valence-electron chi connectivity index (χ1n) is 12.2. The monoisotopic (exact) mass is 428 g/mol. The molecule has 8 atom stereocenters. The van der Waals surface area contributed by atoms with Crippen LogP contribution in [0.4, 0.5) is 0 Å². The van der Waals surface area contributed by atoms with Crippen LogP contribution in [0.15, 0.2) is 24.3 Å². The van der Waals surface area contributed by atoms with E-state index in [2.05, 4.69) is 13.8 Å². The number of fused-ring (bicyclic) bond motifs is 5. The Morgan fingerprint density at radius 1 is 0.900 bits per heavy atom. The summed E-state index contributed by atoms with van der Waals surface area (Å²) in [5.41, 5.74) is 0.883. The van der Waals surface area contributed by atoms with Crippen molar-refractivity contribution in [2.24, 2.45) is 40.4 Å². The quantitative estimate of drug-likeness (QED) is 0.518. The van der Waals surface area contributed by atoms with Crippen LogP contribution in [0.1, 0.15) is 88.9 Å². The maximum atomic E-state index is 13.5. The Morgan fingerprint density at radius 2 is 1.60 bits per heavy atom. The van der Waals surface area contributed by atoms with E-state index in [4.69, 9.17) is 11.6 Å². The molecule has 0 saturated heterocycles. The molecule has 4 saturated carbocycles. The highest BCUT2D eigenvalue weighted by atomic mass is 35.5. The molecule has 0 aromatic heterocycles. The fourth-order valence-corrected chi connectivity index (χ4v) is 8.80. The van der Waals surface area contributed by atoms with E-state index < -0.39 is 5.60 Å². The van der Waals surface area contributed by atoms with Gasteiger partial charge in [-0.2, -0.15) is 0 Å². The third kappa shape index (κ3) is 3.12. The smallest absolute Gasteiger partial charge is 0.166 e. The molecular weight excluding hydrogens is 392 g/mol. The topological polar surface area (TPSA) is 37.3 Å². The van der Waals surface area contributed by atoms with E-state index in [9.17, 15) is 9.90 Å². The first-order valence-corrected chi connectivity index (χ1v) is 12.5. The van der Waals surface area contributed by atoms with Crippen molar-refractivity contribution in [1.29, 1.82) is 0 Å². The van der Waals surface area contributed by atoms with Crippen molar-refractivity contribution in [2.75, 3.05) is 0 Å². The molecule has 1 N–H and O–H groups in total. The van der Waals surface area contributed by atoms with Crippen molar-refractivity contribution >= 4 is 17.4 Å². The number of carbonyl (C=O) groups excluding carboxylic acids is 1. The highest BCUT2D eigenvalue weighted by Crippen LogP contribution is 2.68. The van der Waals surface area contributed by atoms with E-state index in [0.717, 1.165) is 36.7 Å². The molecule has 4 aliphatic rings. The van der Waals surface area contributed by atoms with Gasteiger partial charge >= 0.3 is 0 Å². The molecule has 1 aromatic carbocycles. The second-order valence-electron chi connectivity index (χ2n) is 11.9. The van der Waals surface area contributed by atoms with E-state index in [1.165, 1.54) is 38.5 Å². The maximum Gasteiger partial charge on any atom is 0.166 e. The van der Waals surface area contributed by atoms with E-state index in [-0.39, 0.29) is 11.3 Å². The van der Waals surface area contributed by atoms with Crippen molar-refractivity contribution in [3.8, 4) is 0 Å². The third-order valence-electron chi connectivity index (χ3n) is 10.4. The Labute approximate surface area is 186 Å². The molecule has 4 aliphatic carbocycles. The van der Waals surface area contributed by atoms with E-state index in [1.807, 2.05) is 31.2 Å². The number of halogens is 1. The second-order valence-corrected chi connectivity index (χ2v) is 12.3. The van der Waals surface area contributed by atoms with Gasteiger partial charge < -0.3 is 5.11 Å². The lowest BCUT2D eigenvalue weighted by Gasteiger charge is -2.61. The first-order chi connectivity index (χ1) is 14.1. The number of rotatable bonds is 2. The summed E-state index contributed by atoms with van der Waals surface area (Å²) in [4.78, 5) is 13.5. The molecule has 0 radical (unpaired) electrons. The van der Waals surface area contributed by atoms with Gasteiger partial charge in [0, 0.05) is 16.5 Å². The van der Waals surface area contributed by atoms with Gasteiger partial charge in [-0.25, -0.2) is 0 Å². The normalized spacial score (nSPS) is 47.8. The number of benzene rings is 1. The van der Waals surface area contributed by atoms with Crippen LogP contribution in [0.25, 0.3) is 0 Å². The summed E-state index contributed by atoms with van der Waals surface area (Å²) < 4.78 is 0. The molecule has 1 aromatic rings. The van der Waals surface area contributed by atoms with Gasteiger partial charge in [-0.1, -0.05) is 25.4 Å². The number of aliphatic hydroxyl groups is 1. The summed E-state index contributed by atoms with van der Waals surface area (Å²) >= 11 is 6.05. The van der Waals surface area contributed by atoms with Crippen LogP contribution in [-0.4, -0.2) is 16.5 Å². The van der Waals surface area contributed by atoms with E-state index in [1.54, 1.807) is 0 Å². The molecule has 0 bridgehead atoms. The molecule has 0 amide bonds. The zero-order chi connectivity index (χ0) is 21.3.